The fraction of sp³-hybridized carbons (Fsp3) is 0.222. The molecule has 1 atom stereocenters. The Morgan fingerprint density at radius 1 is 1.21 bits per heavy atom. The molecule has 1 aliphatic heterocycles. The van der Waals surface area contributed by atoms with E-state index in [2.05, 4.69) is 15.7 Å². The second kappa shape index (κ2) is 7.63. The first-order valence-electron chi connectivity index (χ1n) is 8.64. The fourth-order valence-corrected chi connectivity index (χ4v) is 3.18. The van der Waals surface area contributed by atoms with Crippen LogP contribution < -0.4 is 11.0 Å². The Morgan fingerprint density at radius 3 is 2.79 bits per heavy atom. The van der Waals surface area contributed by atoms with Gasteiger partial charge in [0.25, 0.3) is 0 Å². The molecule has 29 heavy (non-hydrogen) atoms. The third kappa shape index (κ3) is 3.46. The third-order valence-electron chi connectivity index (χ3n) is 4.38. The number of rotatable bonds is 6. The highest BCUT2D eigenvalue weighted by Crippen LogP contribution is 2.35. The van der Waals surface area contributed by atoms with Crippen LogP contribution >= 0.6 is 11.6 Å². The molecule has 2 heterocycles. The summed E-state index contributed by atoms with van der Waals surface area (Å²) >= 11 is 6.13. The van der Waals surface area contributed by atoms with E-state index in [4.69, 9.17) is 16.3 Å². The smallest absolute Gasteiger partial charge is 0.368 e. The lowest BCUT2D eigenvalue weighted by Crippen LogP contribution is -2.25. The van der Waals surface area contributed by atoms with Crippen molar-refractivity contribution in [3.63, 3.8) is 0 Å². The summed E-state index contributed by atoms with van der Waals surface area (Å²) < 4.78 is 33.8. The molecule has 1 aliphatic rings. The van der Waals surface area contributed by atoms with Crippen LogP contribution in [0.4, 0.5) is 14.5 Å². The van der Waals surface area contributed by atoms with E-state index < -0.39 is 30.4 Å². The largest absolute Gasteiger partial charge is 0.434 e. The van der Waals surface area contributed by atoms with E-state index in [0.29, 0.717) is 11.1 Å². The summed E-state index contributed by atoms with van der Waals surface area (Å²) in [5.74, 6) is -1.30. The number of cyclic esters (lactones) is 1. The molecule has 1 unspecified atom stereocenters. The first-order valence-corrected chi connectivity index (χ1v) is 9.02. The quantitative estimate of drug-likeness (QED) is 0.615. The number of fused-ring (bicyclic) bond motifs is 1. The first-order chi connectivity index (χ1) is 14.0. The van der Waals surface area contributed by atoms with Gasteiger partial charge in [-0.25, -0.2) is 14.0 Å². The fourth-order valence-electron chi connectivity index (χ4n) is 2.98. The van der Waals surface area contributed by atoms with Gasteiger partial charge in [-0.15, -0.1) is 0 Å². The van der Waals surface area contributed by atoms with Gasteiger partial charge in [-0.3, -0.25) is 4.39 Å². The minimum atomic E-state index is -0.827. The Hall–Kier alpha value is -3.27. The maximum atomic E-state index is 14.5. The van der Waals surface area contributed by atoms with Crippen molar-refractivity contribution in [2.45, 2.75) is 19.2 Å². The standard InChI is InChI=1S/C18H14ClF2N5O3/c19-12-8-13(21)15(26-18(28)25(23-24-26)7-3-6-20)9-14(12)22-16-10-4-1-2-5-11(10)17(27)29-16/h1-2,4-5,8-9,16,22H,3,6-7H2. The Balaban J connectivity index is 1.68. The van der Waals surface area contributed by atoms with Gasteiger partial charge in [0.2, 0.25) is 6.23 Å². The normalized spacial score (nSPS) is 15.3. The number of halogens is 3. The van der Waals surface area contributed by atoms with Crippen LogP contribution in [-0.2, 0) is 11.3 Å². The van der Waals surface area contributed by atoms with Gasteiger partial charge in [0.05, 0.1) is 29.5 Å². The van der Waals surface area contributed by atoms with Crippen molar-refractivity contribution < 1.29 is 18.3 Å². The molecule has 0 fully saturated rings. The molecule has 0 amide bonds. The van der Waals surface area contributed by atoms with Gasteiger partial charge >= 0.3 is 11.7 Å². The van der Waals surface area contributed by atoms with Crippen molar-refractivity contribution in [1.82, 2.24) is 19.8 Å². The molecule has 0 bridgehead atoms. The van der Waals surface area contributed by atoms with Crippen molar-refractivity contribution in [2.24, 2.45) is 0 Å². The lowest BCUT2D eigenvalue weighted by Gasteiger charge is -2.16. The summed E-state index contributed by atoms with van der Waals surface area (Å²) in [5.41, 5.74) is 0.321. The van der Waals surface area contributed by atoms with Crippen LogP contribution in [0, 0.1) is 5.82 Å². The number of benzene rings is 2. The van der Waals surface area contributed by atoms with Gasteiger partial charge in [-0.2, -0.15) is 9.36 Å². The summed E-state index contributed by atoms with van der Waals surface area (Å²) in [7, 11) is 0. The molecule has 4 rings (SSSR count). The number of tetrazole rings is 1. The van der Waals surface area contributed by atoms with Gasteiger partial charge in [-0.05, 0) is 35.0 Å². The van der Waals surface area contributed by atoms with Gasteiger partial charge in [-0.1, -0.05) is 29.8 Å². The van der Waals surface area contributed by atoms with Gasteiger partial charge in [0, 0.05) is 5.56 Å². The van der Waals surface area contributed by atoms with E-state index in [9.17, 15) is 18.4 Å². The number of carbonyl (C=O) groups is 1. The summed E-state index contributed by atoms with van der Waals surface area (Å²) in [6.45, 7) is -0.602. The van der Waals surface area contributed by atoms with Crippen molar-refractivity contribution in [3.05, 3.63) is 68.8 Å². The molecule has 0 aliphatic carbocycles. The average molecular weight is 422 g/mol. The molecule has 0 saturated carbocycles. The highest BCUT2D eigenvalue weighted by molar-refractivity contribution is 6.33. The van der Waals surface area contributed by atoms with Crippen LogP contribution in [0.5, 0.6) is 0 Å². The van der Waals surface area contributed by atoms with E-state index in [1.807, 2.05) is 0 Å². The highest BCUT2D eigenvalue weighted by Gasteiger charge is 2.31. The van der Waals surface area contributed by atoms with Gasteiger partial charge in [0.1, 0.15) is 5.69 Å². The van der Waals surface area contributed by atoms with Gasteiger partial charge in [0.15, 0.2) is 5.82 Å². The SMILES string of the molecule is O=C1OC(Nc2cc(-n3nnn(CCCF)c3=O)c(F)cc2Cl)c2ccccc21. The number of aromatic nitrogens is 4. The number of hydrogen-bond donors (Lipinski definition) is 1. The zero-order valence-corrected chi connectivity index (χ0v) is 15.6. The van der Waals surface area contributed by atoms with Crippen molar-refractivity contribution in [2.75, 3.05) is 12.0 Å². The Labute approximate surface area is 167 Å². The minimum Gasteiger partial charge on any atom is -0.434 e. The predicted octanol–water partition coefficient (Wildman–Crippen LogP) is 2.86. The number of ether oxygens (including phenoxy) is 1. The lowest BCUT2D eigenvalue weighted by atomic mass is 10.1. The summed E-state index contributed by atoms with van der Waals surface area (Å²) in [6.07, 6.45) is -0.743. The molecule has 3 aromatic rings. The van der Waals surface area contributed by atoms with Gasteiger partial charge < -0.3 is 10.1 Å². The Kier molecular flexibility index (Phi) is 5.01. The molecule has 0 spiro atoms. The van der Waals surface area contributed by atoms with E-state index >= 15 is 0 Å². The first kappa shape index (κ1) is 19.1. The monoisotopic (exact) mass is 421 g/mol. The molecular weight excluding hydrogens is 408 g/mol. The van der Waals surface area contributed by atoms with E-state index in [0.717, 1.165) is 15.4 Å². The van der Waals surface area contributed by atoms with Crippen molar-refractivity contribution in [3.8, 4) is 5.69 Å². The van der Waals surface area contributed by atoms with Crippen LogP contribution in [-0.4, -0.2) is 32.4 Å². The third-order valence-corrected chi connectivity index (χ3v) is 4.70. The Morgan fingerprint density at radius 2 is 2.00 bits per heavy atom. The van der Waals surface area contributed by atoms with Crippen LogP contribution in [0.3, 0.4) is 0 Å². The molecule has 0 saturated heterocycles. The van der Waals surface area contributed by atoms with Crippen LogP contribution in [0.25, 0.3) is 5.69 Å². The second-order valence-corrected chi connectivity index (χ2v) is 6.65. The number of nitrogens with zero attached hydrogens (tertiary/aromatic N) is 4. The summed E-state index contributed by atoms with van der Waals surface area (Å²) in [5, 5.41) is 10.2. The molecule has 2 aromatic carbocycles. The molecule has 150 valence electrons. The number of aryl methyl sites for hydroxylation is 1. The lowest BCUT2D eigenvalue weighted by molar-refractivity contribution is 0.0437. The number of esters is 1. The maximum Gasteiger partial charge on any atom is 0.368 e. The zero-order valence-electron chi connectivity index (χ0n) is 14.8. The van der Waals surface area contributed by atoms with Crippen LogP contribution in [0.1, 0.15) is 28.6 Å². The molecular formula is C18H14ClF2N5O3. The zero-order chi connectivity index (χ0) is 20.5. The number of alkyl halides is 1. The summed E-state index contributed by atoms with van der Waals surface area (Å²) in [4.78, 5) is 24.3. The maximum absolute atomic E-state index is 14.5. The molecule has 1 aromatic heterocycles. The number of hydrogen-bond acceptors (Lipinski definition) is 6. The van der Waals surface area contributed by atoms with Crippen molar-refractivity contribution >= 4 is 23.3 Å². The van der Waals surface area contributed by atoms with Crippen LogP contribution in [0.2, 0.25) is 5.02 Å². The van der Waals surface area contributed by atoms with Crippen LogP contribution in [0.15, 0.2) is 41.2 Å². The topological polar surface area (TPSA) is 91.0 Å². The molecule has 11 heteroatoms. The molecule has 0 radical (unpaired) electrons. The van der Waals surface area contributed by atoms with E-state index in [-0.39, 0.29) is 29.4 Å². The molecule has 8 nitrogen and oxygen atoms in total. The highest BCUT2D eigenvalue weighted by atomic mass is 35.5. The Bertz CT molecular complexity index is 1150. The van der Waals surface area contributed by atoms with E-state index in [1.54, 1.807) is 24.3 Å². The van der Waals surface area contributed by atoms with E-state index in [1.165, 1.54) is 6.07 Å². The number of anilines is 1. The number of nitrogens with one attached hydrogen (secondary N) is 1. The predicted molar refractivity (Wildman–Crippen MR) is 99.4 cm³/mol. The minimum absolute atomic E-state index is 0.0181. The second-order valence-electron chi connectivity index (χ2n) is 6.24. The van der Waals surface area contributed by atoms with Crippen molar-refractivity contribution in [1.29, 1.82) is 0 Å². The number of carbonyl (C=O) groups excluding carboxylic acids is 1. The summed E-state index contributed by atoms with van der Waals surface area (Å²) in [6, 6.07) is 9.09. The molecule has 1 N–H and O–H groups in total. The average Bonchev–Trinajstić information content (AvgIpc) is 3.22.